The first-order chi connectivity index (χ1) is 7.99. The number of hydrogen-bond donors (Lipinski definition) is 1. The topological polar surface area (TPSA) is 49.4 Å². The van der Waals surface area contributed by atoms with Gasteiger partial charge in [0.2, 0.25) is 5.91 Å². The van der Waals surface area contributed by atoms with Gasteiger partial charge in [0.15, 0.2) is 0 Å². The van der Waals surface area contributed by atoms with E-state index < -0.39 is 0 Å². The Balaban J connectivity index is 3.68. The second-order valence-corrected chi connectivity index (χ2v) is 4.52. The van der Waals surface area contributed by atoms with Gasteiger partial charge in [-0.3, -0.25) is 9.59 Å². The van der Waals surface area contributed by atoms with Gasteiger partial charge in [0.1, 0.15) is 5.78 Å². The number of Topliss-reactive ketones (excluding diaryl/α,β-unsaturated/α-hetero) is 1. The second kappa shape index (κ2) is 9.16. The minimum absolute atomic E-state index is 0.000382. The maximum atomic E-state index is 11.3. The highest BCUT2D eigenvalue weighted by Crippen LogP contribution is 2.00. The maximum Gasteiger partial charge on any atom is 0.227 e. The zero-order chi connectivity index (χ0) is 13.3. The number of carbonyl (C=O) groups excluding carboxylic acids is 2. The molecule has 0 aliphatic rings. The van der Waals surface area contributed by atoms with Crippen molar-refractivity contribution < 1.29 is 9.59 Å². The third-order valence-corrected chi connectivity index (χ3v) is 2.82. The van der Waals surface area contributed by atoms with Gasteiger partial charge in [-0.1, -0.05) is 13.8 Å². The first-order valence-electron chi connectivity index (χ1n) is 6.50. The lowest BCUT2D eigenvalue weighted by atomic mass is 10.1. The summed E-state index contributed by atoms with van der Waals surface area (Å²) in [5, 5.41) is 2.84. The van der Waals surface area contributed by atoms with E-state index in [4.69, 9.17) is 0 Å². The van der Waals surface area contributed by atoms with Crippen LogP contribution in [0.4, 0.5) is 0 Å². The average Bonchev–Trinajstić information content (AvgIpc) is 2.23. The molecule has 0 aliphatic carbocycles. The molecule has 0 saturated carbocycles. The standard InChI is InChI=1S/C13H26N2O2/c1-5-15(6-2)9-7-8-11(3)14-13(17)10-12(4)16/h11H,5-10H2,1-4H3,(H,14,17)/t11-/m1/s1. The van der Waals surface area contributed by atoms with Crippen molar-refractivity contribution in [3.05, 3.63) is 0 Å². The molecule has 17 heavy (non-hydrogen) atoms. The van der Waals surface area contributed by atoms with Gasteiger partial charge in [0.25, 0.3) is 0 Å². The Labute approximate surface area is 105 Å². The molecule has 0 radical (unpaired) electrons. The number of carbonyl (C=O) groups is 2. The largest absolute Gasteiger partial charge is 0.353 e. The molecule has 0 aromatic heterocycles. The third kappa shape index (κ3) is 8.86. The minimum atomic E-state index is -0.159. The zero-order valence-electron chi connectivity index (χ0n) is 11.6. The van der Waals surface area contributed by atoms with Crippen LogP contribution in [-0.2, 0) is 9.59 Å². The Kier molecular flexibility index (Phi) is 8.68. The smallest absolute Gasteiger partial charge is 0.227 e. The molecule has 4 nitrogen and oxygen atoms in total. The molecule has 0 spiro atoms. The Morgan fingerprint density at radius 1 is 1.24 bits per heavy atom. The molecular weight excluding hydrogens is 216 g/mol. The summed E-state index contributed by atoms with van der Waals surface area (Å²) in [4.78, 5) is 24.4. The number of amides is 1. The van der Waals surface area contributed by atoms with Gasteiger partial charge < -0.3 is 10.2 Å². The normalized spacial score (nSPS) is 12.5. The highest BCUT2D eigenvalue weighted by Gasteiger charge is 2.09. The van der Waals surface area contributed by atoms with Crippen LogP contribution in [0, 0.1) is 0 Å². The number of ketones is 1. The highest BCUT2D eigenvalue weighted by atomic mass is 16.2. The zero-order valence-corrected chi connectivity index (χ0v) is 11.6. The minimum Gasteiger partial charge on any atom is -0.353 e. The molecule has 1 N–H and O–H groups in total. The molecular formula is C13H26N2O2. The van der Waals surface area contributed by atoms with Gasteiger partial charge in [-0.05, 0) is 46.3 Å². The monoisotopic (exact) mass is 242 g/mol. The van der Waals surface area contributed by atoms with Gasteiger partial charge in [0.05, 0.1) is 6.42 Å². The summed E-state index contributed by atoms with van der Waals surface area (Å²) in [7, 11) is 0. The first-order valence-corrected chi connectivity index (χ1v) is 6.50. The lowest BCUT2D eigenvalue weighted by Crippen LogP contribution is -2.34. The Hall–Kier alpha value is -0.900. The number of nitrogens with one attached hydrogen (secondary N) is 1. The van der Waals surface area contributed by atoms with Gasteiger partial charge in [-0.2, -0.15) is 0 Å². The molecule has 0 aromatic carbocycles. The van der Waals surface area contributed by atoms with Crippen LogP contribution in [0.3, 0.4) is 0 Å². The number of nitrogens with zero attached hydrogens (tertiary/aromatic N) is 1. The molecule has 100 valence electrons. The average molecular weight is 242 g/mol. The molecule has 4 heteroatoms. The Morgan fingerprint density at radius 2 is 1.82 bits per heavy atom. The lowest BCUT2D eigenvalue weighted by Gasteiger charge is -2.19. The Bertz CT molecular complexity index is 238. The summed E-state index contributed by atoms with van der Waals surface area (Å²) >= 11 is 0. The fraction of sp³-hybridized carbons (Fsp3) is 0.846. The van der Waals surface area contributed by atoms with E-state index in [-0.39, 0.29) is 24.2 Å². The molecule has 0 aliphatic heterocycles. The van der Waals surface area contributed by atoms with Gasteiger partial charge in [-0.15, -0.1) is 0 Å². The van der Waals surface area contributed by atoms with Crippen LogP contribution < -0.4 is 5.32 Å². The van der Waals surface area contributed by atoms with Crippen LogP contribution in [0.15, 0.2) is 0 Å². The van der Waals surface area contributed by atoms with E-state index in [0.717, 1.165) is 32.5 Å². The van der Waals surface area contributed by atoms with Crippen molar-refractivity contribution in [1.82, 2.24) is 10.2 Å². The van der Waals surface area contributed by atoms with Crippen molar-refractivity contribution in [1.29, 1.82) is 0 Å². The molecule has 1 amide bonds. The molecule has 0 bridgehead atoms. The number of hydrogen-bond acceptors (Lipinski definition) is 3. The van der Waals surface area contributed by atoms with Gasteiger partial charge >= 0.3 is 0 Å². The fourth-order valence-electron chi connectivity index (χ4n) is 1.79. The van der Waals surface area contributed by atoms with Crippen LogP contribution in [-0.4, -0.2) is 42.3 Å². The molecule has 1 atom stereocenters. The van der Waals surface area contributed by atoms with Crippen molar-refractivity contribution in [2.24, 2.45) is 0 Å². The van der Waals surface area contributed by atoms with E-state index in [1.54, 1.807) is 0 Å². The van der Waals surface area contributed by atoms with Crippen LogP contribution in [0.2, 0.25) is 0 Å². The van der Waals surface area contributed by atoms with Crippen LogP contribution >= 0.6 is 0 Å². The molecule has 0 heterocycles. The first kappa shape index (κ1) is 16.1. The van der Waals surface area contributed by atoms with E-state index >= 15 is 0 Å². The molecule has 0 fully saturated rings. The predicted molar refractivity (Wildman–Crippen MR) is 69.9 cm³/mol. The maximum absolute atomic E-state index is 11.3. The summed E-state index contributed by atoms with van der Waals surface area (Å²) < 4.78 is 0. The van der Waals surface area contributed by atoms with Gasteiger partial charge in [0, 0.05) is 6.04 Å². The van der Waals surface area contributed by atoms with E-state index in [1.165, 1.54) is 6.92 Å². The molecule has 0 rings (SSSR count). The predicted octanol–water partition coefficient (Wildman–Crippen LogP) is 1.59. The van der Waals surface area contributed by atoms with E-state index in [1.807, 2.05) is 6.92 Å². The van der Waals surface area contributed by atoms with Crippen molar-refractivity contribution in [3.8, 4) is 0 Å². The summed E-state index contributed by atoms with van der Waals surface area (Å²) in [5.74, 6) is -0.245. The fourth-order valence-corrected chi connectivity index (χ4v) is 1.79. The van der Waals surface area contributed by atoms with E-state index in [2.05, 4.69) is 24.1 Å². The highest BCUT2D eigenvalue weighted by molar-refractivity contribution is 5.96. The van der Waals surface area contributed by atoms with Crippen LogP contribution in [0.1, 0.15) is 47.0 Å². The lowest BCUT2D eigenvalue weighted by molar-refractivity contribution is -0.127. The van der Waals surface area contributed by atoms with E-state index in [9.17, 15) is 9.59 Å². The van der Waals surface area contributed by atoms with Crippen LogP contribution in [0.5, 0.6) is 0 Å². The van der Waals surface area contributed by atoms with Crippen molar-refractivity contribution in [2.75, 3.05) is 19.6 Å². The quantitative estimate of drug-likeness (QED) is 0.625. The SMILES string of the molecule is CCN(CC)CCC[C@@H](C)NC(=O)CC(C)=O. The summed E-state index contributed by atoms with van der Waals surface area (Å²) in [6.07, 6.45) is 2.03. The van der Waals surface area contributed by atoms with Gasteiger partial charge in [-0.25, -0.2) is 0 Å². The molecule has 0 aromatic rings. The summed E-state index contributed by atoms with van der Waals surface area (Å²) in [6, 6.07) is 0.150. The second-order valence-electron chi connectivity index (χ2n) is 4.52. The number of rotatable bonds is 9. The third-order valence-electron chi connectivity index (χ3n) is 2.82. The van der Waals surface area contributed by atoms with Crippen molar-refractivity contribution in [3.63, 3.8) is 0 Å². The van der Waals surface area contributed by atoms with Crippen molar-refractivity contribution in [2.45, 2.75) is 53.0 Å². The van der Waals surface area contributed by atoms with Crippen molar-refractivity contribution >= 4 is 11.7 Å². The summed E-state index contributed by atoms with van der Waals surface area (Å²) in [6.45, 7) is 10.9. The summed E-state index contributed by atoms with van der Waals surface area (Å²) in [5.41, 5.74) is 0. The molecule has 0 unspecified atom stereocenters. The molecule has 0 saturated heterocycles. The Morgan fingerprint density at radius 3 is 2.29 bits per heavy atom. The van der Waals surface area contributed by atoms with E-state index in [0.29, 0.717) is 0 Å². The van der Waals surface area contributed by atoms with Crippen LogP contribution in [0.25, 0.3) is 0 Å².